The molecule has 0 spiro atoms. The zero-order chi connectivity index (χ0) is 26.3. The zero-order valence-corrected chi connectivity index (χ0v) is 21.6. The summed E-state index contributed by atoms with van der Waals surface area (Å²) >= 11 is 0. The molecule has 0 saturated carbocycles. The molecule has 1 aliphatic rings. The van der Waals surface area contributed by atoms with Crippen molar-refractivity contribution in [3.05, 3.63) is 39.6 Å². The second kappa shape index (κ2) is 9.97. The van der Waals surface area contributed by atoms with E-state index < -0.39 is 54.3 Å². The molecule has 0 radical (unpaired) electrons. The molecule has 2 aromatic heterocycles. The Morgan fingerprint density at radius 1 is 1.26 bits per heavy atom. The maximum absolute atomic E-state index is 14.0. The van der Waals surface area contributed by atoms with Crippen LogP contribution in [0.5, 0.6) is 0 Å². The van der Waals surface area contributed by atoms with Gasteiger partial charge in [0, 0.05) is 24.5 Å². The van der Waals surface area contributed by atoms with Gasteiger partial charge in [0.25, 0.3) is 5.56 Å². The summed E-state index contributed by atoms with van der Waals surface area (Å²) in [6.07, 6.45) is -3.64. The maximum atomic E-state index is 14.0. The Kier molecular flexibility index (Phi) is 7.94. The van der Waals surface area contributed by atoms with Crippen LogP contribution in [0.4, 0.5) is 4.39 Å². The summed E-state index contributed by atoms with van der Waals surface area (Å²) in [5, 5.41) is 20.4. The van der Waals surface area contributed by atoms with Crippen LogP contribution in [0.15, 0.2) is 17.1 Å². The van der Waals surface area contributed by atoms with E-state index in [0.29, 0.717) is 5.39 Å². The van der Waals surface area contributed by atoms with E-state index in [1.807, 2.05) is 0 Å². The van der Waals surface area contributed by atoms with Crippen molar-refractivity contribution in [1.82, 2.24) is 9.97 Å². The van der Waals surface area contributed by atoms with E-state index in [1.54, 1.807) is 20.8 Å². The number of rotatable bonds is 9. The second-order valence-corrected chi connectivity index (χ2v) is 11.6. The molecule has 7 atom stereocenters. The van der Waals surface area contributed by atoms with Crippen molar-refractivity contribution in [2.24, 2.45) is 0 Å². The molecule has 0 bridgehead atoms. The fraction of sp³-hybridized carbons (Fsp3) is 0.652. The standard InChI is InChI=1S/C23H34FN2O8P/c1-7-22(4,34-35(30,31)23(5,8-2)32-6)10-16-17(27)18(28)19(33-16)14-9-13-12(3)15(24)11-25-20(13)26-21(14)29/h9,11,16-19,27-28H,7-8,10H2,1-6H3,(H,30,31)(H,25,26,29). The second-order valence-electron chi connectivity index (χ2n) is 9.48. The molecule has 12 heteroatoms. The number of H-pyrrole nitrogens is 1. The van der Waals surface area contributed by atoms with Gasteiger partial charge < -0.3 is 34.1 Å². The van der Waals surface area contributed by atoms with Crippen LogP contribution < -0.4 is 5.56 Å². The largest absolute Gasteiger partial charge is 0.388 e. The lowest BCUT2D eigenvalue weighted by molar-refractivity contribution is -0.0559. The smallest absolute Gasteiger partial charge is 0.359 e. The van der Waals surface area contributed by atoms with E-state index in [1.165, 1.54) is 27.0 Å². The minimum absolute atomic E-state index is 0.00643. The highest BCUT2D eigenvalue weighted by Crippen LogP contribution is 2.60. The number of hydrogen-bond donors (Lipinski definition) is 4. The van der Waals surface area contributed by atoms with Crippen molar-refractivity contribution in [3.63, 3.8) is 0 Å². The Bertz CT molecular complexity index is 1190. The van der Waals surface area contributed by atoms with Gasteiger partial charge in [-0.05, 0) is 45.2 Å². The predicted molar refractivity (Wildman–Crippen MR) is 127 cm³/mol. The summed E-state index contributed by atoms with van der Waals surface area (Å²) in [4.78, 5) is 29.8. The van der Waals surface area contributed by atoms with Gasteiger partial charge in [-0.1, -0.05) is 13.8 Å². The van der Waals surface area contributed by atoms with Crippen LogP contribution in [-0.4, -0.2) is 61.4 Å². The number of pyridine rings is 2. The number of aromatic amines is 1. The van der Waals surface area contributed by atoms with E-state index in [4.69, 9.17) is 14.0 Å². The van der Waals surface area contributed by atoms with Crippen molar-refractivity contribution in [1.29, 1.82) is 0 Å². The number of aliphatic hydroxyl groups excluding tert-OH is 2. The molecule has 0 aromatic carbocycles. The Morgan fingerprint density at radius 2 is 1.91 bits per heavy atom. The first-order valence-corrected chi connectivity index (χ1v) is 13.1. The summed E-state index contributed by atoms with van der Waals surface area (Å²) in [7, 11) is -2.96. The minimum atomic E-state index is -4.28. The molecule has 3 heterocycles. The third-order valence-corrected chi connectivity index (χ3v) is 9.59. The number of nitrogens with zero attached hydrogens (tertiary/aromatic N) is 1. The Morgan fingerprint density at radius 3 is 2.49 bits per heavy atom. The molecule has 3 rings (SSSR count). The molecule has 4 N–H and O–H groups in total. The lowest BCUT2D eigenvalue weighted by Gasteiger charge is -2.39. The molecule has 196 valence electrons. The van der Waals surface area contributed by atoms with Crippen LogP contribution in [-0.2, 0) is 18.6 Å². The van der Waals surface area contributed by atoms with Gasteiger partial charge in [0.05, 0.1) is 17.9 Å². The van der Waals surface area contributed by atoms with E-state index in [2.05, 4.69) is 9.97 Å². The summed E-state index contributed by atoms with van der Waals surface area (Å²) in [5.41, 5.74) is -1.36. The number of aromatic nitrogens is 2. The van der Waals surface area contributed by atoms with Gasteiger partial charge in [-0.3, -0.25) is 9.36 Å². The van der Waals surface area contributed by atoms with Crippen molar-refractivity contribution >= 4 is 18.6 Å². The quantitative estimate of drug-likeness (QED) is 0.369. The van der Waals surface area contributed by atoms with Gasteiger partial charge in [0.2, 0.25) is 0 Å². The van der Waals surface area contributed by atoms with Gasteiger partial charge in [-0.15, -0.1) is 0 Å². The summed E-state index contributed by atoms with van der Waals surface area (Å²) in [5.74, 6) is -0.555. The van der Waals surface area contributed by atoms with E-state index in [0.717, 1.165) is 6.20 Å². The molecule has 1 saturated heterocycles. The molecular formula is C23H34FN2O8P. The van der Waals surface area contributed by atoms with Crippen molar-refractivity contribution in [3.8, 4) is 0 Å². The predicted octanol–water partition coefficient (Wildman–Crippen LogP) is 3.07. The summed E-state index contributed by atoms with van der Waals surface area (Å²) in [6.45, 7) is 8.08. The first kappa shape index (κ1) is 27.9. The normalized spacial score (nSPS) is 27.9. The molecule has 10 nitrogen and oxygen atoms in total. The minimum Gasteiger partial charge on any atom is -0.388 e. The lowest BCUT2D eigenvalue weighted by atomic mass is 9.92. The van der Waals surface area contributed by atoms with Crippen molar-refractivity contribution in [2.75, 3.05) is 7.11 Å². The molecule has 1 aliphatic heterocycles. The topological polar surface area (TPSA) is 151 Å². The SMILES string of the molecule is CCC(C)(CC1OC(c2cc3c(C)c(F)cnc3[nH]c2=O)C(O)C1O)OP(=O)(O)C(C)(CC)OC. The van der Waals surface area contributed by atoms with Crippen molar-refractivity contribution in [2.45, 2.75) is 89.2 Å². The monoisotopic (exact) mass is 516 g/mol. The number of halogens is 1. The first-order chi connectivity index (χ1) is 16.2. The maximum Gasteiger partial charge on any atom is 0.359 e. The van der Waals surface area contributed by atoms with Crippen LogP contribution in [0, 0.1) is 12.7 Å². The highest BCUT2D eigenvalue weighted by atomic mass is 31.2. The third-order valence-electron chi connectivity index (χ3n) is 7.21. The summed E-state index contributed by atoms with van der Waals surface area (Å²) < 4.78 is 44.0. The van der Waals surface area contributed by atoms with E-state index in [9.17, 15) is 28.9 Å². The average molecular weight is 517 g/mol. The Labute approximate surface area is 203 Å². The van der Waals surface area contributed by atoms with Gasteiger partial charge in [0.1, 0.15) is 29.8 Å². The van der Waals surface area contributed by atoms with Crippen LogP contribution >= 0.6 is 7.60 Å². The van der Waals surface area contributed by atoms with Gasteiger partial charge in [-0.25, -0.2) is 9.37 Å². The Balaban J connectivity index is 1.90. The van der Waals surface area contributed by atoms with E-state index >= 15 is 0 Å². The molecule has 0 aliphatic carbocycles. The van der Waals surface area contributed by atoms with Crippen LogP contribution in [0.3, 0.4) is 0 Å². The number of aliphatic hydroxyl groups is 2. The number of ether oxygens (including phenoxy) is 2. The highest BCUT2D eigenvalue weighted by Gasteiger charge is 2.51. The number of aryl methyl sites for hydroxylation is 1. The average Bonchev–Trinajstić information content (AvgIpc) is 3.08. The number of nitrogens with one attached hydrogen (secondary N) is 1. The van der Waals surface area contributed by atoms with Gasteiger partial charge in [-0.2, -0.15) is 0 Å². The number of fused-ring (bicyclic) bond motifs is 1. The molecular weight excluding hydrogens is 482 g/mol. The molecule has 0 amide bonds. The first-order valence-electron chi connectivity index (χ1n) is 11.5. The van der Waals surface area contributed by atoms with Gasteiger partial charge >= 0.3 is 7.60 Å². The fourth-order valence-corrected chi connectivity index (χ4v) is 5.81. The molecule has 35 heavy (non-hydrogen) atoms. The third kappa shape index (κ3) is 5.09. The highest BCUT2D eigenvalue weighted by molar-refractivity contribution is 7.54. The Hall–Kier alpha value is -1.72. The molecule has 1 fully saturated rings. The molecule has 2 aromatic rings. The molecule has 7 unspecified atom stereocenters. The fourth-order valence-electron chi connectivity index (χ4n) is 4.18. The van der Waals surface area contributed by atoms with Crippen LogP contribution in [0.25, 0.3) is 11.0 Å². The van der Waals surface area contributed by atoms with Gasteiger partial charge in [0.15, 0.2) is 5.34 Å². The number of hydrogen-bond acceptors (Lipinski definition) is 8. The van der Waals surface area contributed by atoms with Crippen LogP contribution in [0.1, 0.15) is 64.2 Å². The van der Waals surface area contributed by atoms with E-state index in [-0.39, 0.29) is 36.0 Å². The van der Waals surface area contributed by atoms with Crippen LogP contribution in [0.2, 0.25) is 0 Å². The van der Waals surface area contributed by atoms with Crippen molar-refractivity contribution < 1.29 is 38.1 Å². The summed E-state index contributed by atoms with van der Waals surface area (Å²) in [6, 6.07) is 1.39. The number of methoxy groups -OCH3 is 1. The lowest BCUT2D eigenvalue weighted by Crippen LogP contribution is -2.40. The zero-order valence-electron chi connectivity index (χ0n) is 20.7.